The van der Waals surface area contributed by atoms with Crippen molar-refractivity contribution in [3.05, 3.63) is 119 Å². The number of piperidine rings is 1. The molecule has 2 atom stereocenters. The molecule has 248 valence electrons. The Morgan fingerprint density at radius 1 is 0.875 bits per heavy atom. The Kier molecular flexibility index (Phi) is 9.19. The Hall–Kier alpha value is -4.66. The van der Waals surface area contributed by atoms with E-state index in [1.54, 1.807) is 4.90 Å². The first kappa shape index (κ1) is 31.9. The molecule has 0 spiro atoms. The highest BCUT2D eigenvalue weighted by Crippen LogP contribution is 2.50. The Balaban J connectivity index is 1.05. The van der Waals surface area contributed by atoms with Crippen molar-refractivity contribution in [2.45, 2.75) is 43.6 Å². The van der Waals surface area contributed by atoms with Gasteiger partial charge in [-0.3, -0.25) is 4.79 Å². The fraction of sp³-hybridized carbons (Fsp3) is 0.350. The van der Waals surface area contributed by atoms with E-state index in [0.717, 1.165) is 46.6 Å². The van der Waals surface area contributed by atoms with Crippen LogP contribution >= 0.6 is 0 Å². The number of nitrogens with one attached hydrogen (secondary N) is 1. The molecule has 7 rings (SSSR count). The maximum Gasteiger partial charge on any atom is 0.409 e. The van der Waals surface area contributed by atoms with Crippen molar-refractivity contribution in [1.82, 2.24) is 10.2 Å². The molecule has 2 amide bonds. The van der Waals surface area contributed by atoms with Crippen LogP contribution in [-0.4, -0.2) is 62.4 Å². The summed E-state index contributed by atoms with van der Waals surface area (Å²) < 4.78 is 18.0. The molecule has 8 nitrogen and oxygen atoms in total. The standard InChI is InChI=1S/C40H43N3O5/c1-2-46-21-11-20-40(34-16-7-9-18-36(34)48-37-19-10-8-17-35(37)40)26-42-38(44)27-22-28(41)24-43(23-27)39(45)47-25-33-31-14-5-3-12-29(31)30-13-4-6-15-32(30)33/h3-10,12-19,27-28,33H,2,11,20-26,41H2,1H3,(H,42,44)/t27-,28+/m1/s1. The molecule has 0 radical (unpaired) electrons. The normalized spacial score (nSPS) is 18.9. The summed E-state index contributed by atoms with van der Waals surface area (Å²) in [6.07, 6.45) is 1.63. The third-order valence-electron chi connectivity index (χ3n) is 10.1. The van der Waals surface area contributed by atoms with E-state index < -0.39 is 17.4 Å². The lowest BCUT2D eigenvalue weighted by atomic mass is 9.69. The Morgan fingerprint density at radius 2 is 1.48 bits per heavy atom. The molecule has 1 aliphatic carbocycles. The van der Waals surface area contributed by atoms with Crippen molar-refractivity contribution >= 4 is 12.0 Å². The van der Waals surface area contributed by atoms with Crippen LogP contribution in [0.4, 0.5) is 4.79 Å². The van der Waals surface area contributed by atoms with Gasteiger partial charge in [-0.1, -0.05) is 84.9 Å². The third kappa shape index (κ3) is 6.06. The van der Waals surface area contributed by atoms with Gasteiger partial charge < -0.3 is 30.2 Å². The molecule has 3 N–H and O–H groups in total. The van der Waals surface area contributed by atoms with Gasteiger partial charge in [-0.05, 0) is 60.6 Å². The number of nitrogens with zero attached hydrogens (tertiary/aromatic N) is 1. The van der Waals surface area contributed by atoms with Crippen LogP contribution in [0.1, 0.15) is 54.4 Å². The van der Waals surface area contributed by atoms with Crippen molar-refractivity contribution in [2.24, 2.45) is 11.7 Å². The molecule has 2 aliphatic heterocycles. The van der Waals surface area contributed by atoms with E-state index in [0.29, 0.717) is 32.7 Å². The van der Waals surface area contributed by atoms with Crippen LogP contribution in [0.25, 0.3) is 11.1 Å². The van der Waals surface area contributed by atoms with E-state index in [1.165, 1.54) is 11.1 Å². The first-order valence-corrected chi connectivity index (χ1v) is 17.1. The number of carbonyl (C=O) groups excluding carboxylic acids is 2. The lowest BCUT2D eigenvalue weighted by Gasteiger charge is -2.41. The van der Waals surface area contributed by atoms with Gasteiger partial charge in [0.05, 0.1) is 5.92 Å². The molecule has 4 aromatic carbocycles. The van der Waals surface area contributed by atoms with E-state index >= 15 is 0 Å². The number of benzene rings is 4. The second kappa shape index (κ2) is 13.8. The number of amides is 2. The summed E-state index contributed by atoms with van der Waals surface area (Å²) >= 11 is 0. The molecule has 1 fully saturated rings. The Labute approximate surface area is 282 Å². The number of hydrogen-bond donors (Lipinski definition) is 2. The molecule has 1 saturated heterocycles. The van der Waals surface area contributed by atoms with E-state index in [-0.39, 0.29) is 31.0 Å². The van der Waals surface area contributed by atoms with Gasteiger partial charge in [0.25, 0.3) is 0 Å². The molecular formula is C40H43N3O5. The van der Waals surface area contributed by atoms with Crippen molar-refractivity contribution in [1.29, 1.82) is 0 Å². The van der Waals surface area contributed by atoms with Crippen molar-refractivity contribution < 1.29 is 23.8 Å². The fourth-order valence-electron chi connectivity index (χ4n) is 7.88. The fourth-order valence-corrected chi connectivity index (χ4v) is 7.88. The zero-order valence-corrected chi connectivity index (χ0v) is 27.4. The highest BCUT2D eigenvalue weighted by atomic mass is 16.6. The predicted molar refractivity (Wildman–Crippen MR) is 185 cm³/mol. The van der Waals surface area contributed by atoms with Crippen LogP contribution in [0.2, 0.25) is 0 Å². The molecule has 4 aromatic rings. The maximum absolute atomic E-state index is 13.9. The maximum atomic E-state index is 13.9. The smallest absolute Gasteiger partial charge is 0.409 e. The number of rotatable bonds is 10. The molecule has 0 aromatic heterocycles. The van der Waals surface area contributed by atoms with Crippen LogP contribution < -0.4 is 15.8 Å². The Bertz CT molecular complexity index is 1700. The molecule has 0 bridgehead atoms. The summed E-state index contributed by atoms with van der Waals surface area (Å²) in [4.78, 5) is 29.0. The van der Waals surface area contributed by atoms with Gasteiger partial charge in [0.15, 0.2) is 0 Å². The van der Waals surface area contributed by atoms with Gasteiger partial charge in [0.2, 0.25) is 5.91 Å². The van der Waals surface area contributed by atoms with Crippen LogP contribution in [0.5, 0.6) is 11.5 Å². The predicted octanol–water partition coefficient (Wildman–Crippen LogP) is 6.61. The quantitative estimate of drug-likeness (QED) is 0.188. The van der Waals surface area contributed by atoms with Gasteiger partial charge in [0.1, 0.15) is 18.1 Å². The molecule has 3 aliphatic rings. The second-order valence-electron chi connectivity index (χ2n) is 13.1. The molecule has 8 heteroatoms. The molecule has 48 heavy (non-hydrogen) atoms. The van der Waals surface area contributed by atoms with E-state index in [4.69, 9.17) is 19.9 Å². The SMILES string of the molecule is CCOCCCC1(CNC(=O)[C@@H]2C[C@H](N)CN(C(=O)OCC3c4ccccc4-c4ccccc43)C2)c2ccccc2Oc2ccccc21. The number of carbonyl (C=O) groups is 2. The molecule has 0 unspecified atom stereocenters. The lowest BCUT2D eigenvalue weighted by Crippen LogP contribution is -2.54. The highest BCUT2D eigenvalue weighted by Gasteiger charge is 2.43. The average molecular weight is 646 g/mol. The minimum Gasteiger partial charge on any atom is -0.457 e. The van der Waals surface area contributed by atoms with Gasteiger partial charge >= 0.3 is 6.09 Å². The number of likely N-dealkylation sites (tertiary alicyclic amines) is 1. The van der Waals surface area contributed by atoms with Crippen LogP contribution in [0, 0.1) is 5.92 Å². The minimum absolute atomic E-state index is 0.0388. The third-order valence-corrected chi connectivity index (χ3v) is 10.1. The van der Waals surface area contributed by atoms with Gasteiger partial charge in [-0.25, -0.2) is 4.79 Å². The summed E-state index contributed by atoms with van der Waals surface area (Å²) in [6, 6.07) is 32.3. The Morgan fingerprint density at radius 3 is 2.12 bits per heavy atom. The number of para-hydroxylation sites is 2. The summed E-state index contributed by atoms with van der Waals surface area (Å²) in [5, 5.41) is 3.29. The van der Waals surface area contributed by atoms with Gasteiger partial charge in [-0.15, -0.1) is 0 Å². The second-order valence-corrected chi connectivity index (χ2v) is 13.1. The van der Waals surface area contributed by atoms with Crippen LogP contribution in [0.15, 0.2) is 97.1 Å². The summed E-state index contributed by atoms with van der Waals surface area (Å²) in [5.74, 6) is 0.973. The number of hydrogen-bond acceptors (Lipinski definition) is 6. The zero-order valence-electron chi connectivity index (χ0n) is 27.4. The minimum atomic E-state index is -0.512. The zero-order chi connectivity index (χ0) is 33.1. The summed E-state index contributed by atoms with van der Waals surface area (Å²) in [6.45, 7) is 4.48. The van der Waals surface area contributed by atoms with E-state index in [9.17, 15) is 9.59 Å². The summed E-state index contributed by atoms with van der Waals surface area (Å²) in [7, 11) is 0. The van der Waals surface area contributed by atoms with E-state index in [2.05, 4.69) is 41.7 Å². The topological polar surface area (TPSA) is 103 Å². The number of nitrogens with two attached hydrogens (primary N) is 1. The number of fused-ring (bicyclic) bond motifs is 5. The molecule has 2 heterocycles. The average Bonchev–Trinajstić information content (AvgIpc) is 3.44. The van der Waals surface area contributed by atoms with Crippen molar-refractivity contribution in [3.8, 4) is 22.6 Å². The van der Waals surface area contributed by atoms with Crippen molar-refractivity contribution in [2.75, 3.05) is 39.5 Å². The monoisotopic (exact) mass is 645 g/mol. The number of ether oxygens (including phenoxy) is 3. The van der Waals surface area contributed by atoms with Crippen LogP contribution in [-0.2, 0) is 19.7 Å². The summed E-state index contributed by atoms with van der Waals surface area (Å²) in [5.41, 5.74) is 12.7. The largest absolute Gasteiger partial charge is 0.457 e. The molecular weight excluding hydrogens is 602 g/mol. The van der Waals surface area contributed by atoms with Crippen LogP contribution in [0.3, 0.4) is 0 Å². The van der Waals surface area contributed by atoms with Gasteiger partial charge in [-0.2, -0.15) is 0 Å². The first-order chi connectivity index (χ1) is 23.5. The van der Waals surface area contributed by atoms with E-state index in [1.807, 2.05) is 67.6 Å². The highest BCUT2D eigenvalue weighted by molar-refractivity contribution is 5.81. The molecule has 0 saturated carbocycles. The van der Waals surface area contributed by atoms with Crippen molar-refractivity contribution in [3.63, 3.8) is 0 Å². The lowest BCUT2D eigenvalue weighted by molar-refractivity contribution is -0.126. The first-order valence-electron chi connectivity index (χ1n) is 17.1. The van der Waals surface area contributed by atoms with Gasteiger partial charge in [0, 0.05) is 61.3 Å².